The standard InChI is InChI=1S/C7H11N7O2S/c1-9-7(17)12-11-5(8)6-10-3-4(13(6)2)14(15)16/h3H,1-2H3,(H2,8,11)(H2,9,12,17). The Kier molecular flexibility index (Phi) is 3.93. The summed E-state index contributed by atoms with van der Waals surface area (Å²) in [6.45, 7) is 0. The molecule has 1 aromatic rings. The molecule has 0 saturated carbocycles. The summed E-state index contributed by atoms with van der Waals surface area (Å²) in [6, 6.07) is 0. The molecular formula is C7H11N7O2S. The van der Waals surface area contributed by atoms with E-state index in [9.17, 15) is 10.1 Å². The highest BCUT2D eigenvalue weighted by atomic mass is 32.1. The molecule has 0 aliphatic carbocycles. The van der Waals surface area contributed by atoms with E-state index in [4.69, 9.17) is 17.6 Å². The Morgan fingerprint density at radius 1 is 1.65 bits per heavy atom. The first-order valence-electron chi connectivity index (χ1n) is 4.46. The molecule has 0 spiro atoms. The zero-order valence-corrected chi connectivity index (χ0v) is 9.96. The topological polar surface area (TPSA) is 121 Å². The van der Waals surface area contributed by atoms with Crippen molar-refractivity contribution in [3.63, 3.8) is 0 Å². The lowest BCUT2D eigenvalue weighted by Crippen LogP contribution is -2.46. The lowest BCUT2D eigenvalue weighted by Gasteiger charge is -2.08. The number of amidine groups is 1. The Morgan fingerprint density at radius 2 is 2.29 bits per heavy atom. The first kappa shape index (κ1) is 12.8. The molecule has 0 bridgehead atoms. The number of thiocarbonyl (C=S) groups is 1. The fourth-order valence-corrected chi connectivity index (χ4v) is 1.09. The predicted molar refractivity (Wildman–Crippen MR) is 64.6 cm³/mol. The second kappa shape index (κ2) is 5.21. The number of imidazole rings is 1. The molecule has 0 unspecified atom stereocenters. The minimum absolute atomic E-state index is 0.127. The van der Waals surface area contributed by atoms with E-state index in [1.165, 1.54) is 11.6 Å². The molecule has 1 aromatic heterocycles. The van der Waals surface area contributed by atoms with Gasteiger partial charge in [-0.2, -0.15) is 0 Å². The second-order valence-corrected chi connectivity index (χ2v) is 3.37. The van der Waals surface area contributed by atoms with Crippen molar-refractivity contribution in [3.8, 4) is 0 Å². The summed E-state index contributed by atoms with van der Waals surface area (Å²) in [5.41, 5.74) is 4.99. The van der Waals surface area contributed by atoms with Crippen LogP contribution >= 0.6 is 12.2 Å². The van der Waals surface area contributed by atoms with Gasteiger partial charge in [0.15, 0.2) is 5.11 Å². The summed E-state index contributed by atoms with van der Waals surface area (Å²) in [7, 11) is 3.07. The number of hydrazine groups is 1. The lowest BCUT2D eigenvalue weighted by atomic mass is 10.5. The monoisotopic (exact) mass is 257 g/mol. The summed E-state index contributed by atoms with van der Waals surface area (Å²) in [6.07, 6.45) is 1.09. The fraction of sp³-hybridized carbons (Fsp3) is 0.286. The lowest BCUT2D eigenvalue weighted by molar-refractivity contribution is -0.391. The van der Waals surface area contributed by atoms with Gasteiger partial charge in [0.25, 0.3) is 5.82 Å². The molecule has 1 heterocycles. The number of hydrogen-bond donors (Lipinski definition) is 4. The van der Waals surface area contributed by atoms with Gasteiger partial charge in [0.1, 0.15) is 6.20 Å². The van der Waals surface area contributed by atoms with Crippen LogP contribution in [0.2, 0.25) is 0 Å². The van der Waals surface area contributed by atoms with E-state index in [1.807, 2.05) is 0 Å². The van der Waals surface area contributed by atoms with Crippen LogP contribution < -0.4 is 16.2 Å². The van der Waals surface area contributed by atoms with Crippen molar-refractivity contribution in [1.29, 1.82) is 5.41 Å². The van der Waals surface area contributed by atoms with Crippen molar-refractivity contribution < 1.29 is 4.92 Å². The summed E-state index contributed by atoms with van der Waals surface area (Å²) in [5, 5.41) is 21.1. The van der Waals surface area contributed by atoms with Crippen LogP contribution in [0.3, 0.4) is 0 Å². The minimum atomic E-state index is -0.574. The maximum absolute atomic E-state index is 10.6. The van der Waals surface area contributed by atoms with Crippen LogP contribution in [0.5, 0.6) is 0 Å². The zero-order chi connectivity index (χ0) is 13.0. The SMILES string of the molecule is CNC(=S)NNC(=N)c1ncc([N+](=O)[O-])n1C. The molecule has 92 valence electrons. The van der Waals surface area contributed by atoms with Gasteiger partial charge in [0, 0.05) is 7.05 Å². The molecule has 4 N–H and O–H groups in total. The zero-order valence-electron chi connectivity index (χ0n) is 9.14. The van der Waals surface area contributed by atoms with Crippen LogP contribution in [0.4, 0.5) is 5.82 Å². The van der Waals surface area contributed by atoms with E-state index in [-0.39, 0.29) is 17.5 Å². The molecule has 0 radical (unpaired) electrons. The summed E-state index contributed by atoms with van der Waals surface area (Å²) in [5.74, 6) is -0.191. The van der Waals surface area contributed by atoms with Gasteiger partial charge in [-0.15, -0.1) is 0 Å². The van der Waals surface area contributed by atoms with Crippen molar-refractivity contribution >= 4 is 29.0 Å². The highest BCUT2D eigenvalue weighted by Gasteiger charge is 2.19. The van der Waals surface area contributed by atoms with Crippen LogP contribution in [0.15, 0.2) is 6.20 Å². The first-order valence-corrected chi connectivity index (χ1v) is 4.87. The second-order valence-electron chi connectivity index (χ2n) is 2.96. The maximum Gasteiger partial charge on any atom is 0.343 e. The van der Waals surface area contributed by atoms with Crippen molar-refractivity contribution in [3.05, 3.63) is 22.1 Å². The summed E-state index contributed by atoms with van der Waals surface area (Å²) in [4.78, 5) is 13.8. The van der Waals surface area contributed by atoms with Crippen molar-refractivity contribution in [2.75, 3.05) is 7.05 Å². The number of hydrogen-bond acceptors (Lipinski definition) is 5. The Balaban J connectivity index is 2.76. The number of aromatic nitrogens is 2. The largest absolute Gasteiger partial charge is 0.364 e. The van der Waals surface area contributed by atoms with Crippen LogP contribution in [-0.2, 0) is 7.05 Å². The average molecular weight is 257 g/mol. The van der Waals surface area contributed by atoms with E-state index in [0.717, 1.165) is 6.20 Å². The molecular weight excluding hydrogens is 246 g/mol. The quantitative estimate of drug-likeness (QED) is 0.181. The molecule has 0 atom stereocenters. The Bertz CT molecular complexity index is 469. The van der Waals surface area contributed by atoms with Gasteiger partial charge < -0.3 is 15.4 Å². The minimum Gasteiger partial charge on any atom is -0.364 e. The van der Waals surface area contributed by atoms with Crippen LogP contribution in [-0.4, -0.2) is 32.5 Å². The molecule has 0 aliphatic rings. The van der Waals surface area contributed by atoms with Crippen molar-refractivity contribution in [2.45, 2.75) is 0 Å². The van der Waals surface area contributed by atoms with Gasteiger partial charge in [-0.3, -0.25) is 16.3 Å². The number of nitrogens with one attached hydrogen (secondary N) is 4. The summed E-state index contributed by atoms with van der Waals surface area (Å²) >= 11 is 4.79. The van der Waals surface area contributed by atoms with E-state index < -0.39 is 4.92 Å². The van der Waals surface area contributed by atoms with Crippen LogP contribution in [0.25, 0.3) is 0 Å². The van der Waals surface area contributed by atoms with E-state index in [1.54, 1.807) is 7.05 Å². The number of rotatable bonds is 2. The van der Waals surface area contributed by atoms with Gasteiger partial charge in [-0.25, -0.2) is 9.55 Å². The smallest absolute Gasteiger partial charge is 0.343 e. The summed E-state index contributed by atoms with van der Waals surface area (Å²) < 4.78 is 1.19. The number of nitrogens with zero attached hydrogens (tertiary/aromatic N) is 3. The third-order valence-corrected chi connectivity index (χ3v) is 2.21. The third-order valence-electron chi connectivity index (χ3n) is 1.90. The van der Waals surface area contributed by atoms with Crippen molar-refractivity contribution in [2.24, 2.45) is 7.05 Å². The normalized spacial score (nSPS) is 9.53. The first-order chi connectivity index (χ1) is 7.97. The molecule has 10 heteroatoms. The van der Waals surface area contributed by atoms with E-state index in [0.29, 0.717) is 5.11 Å². The molecule has 1 rings (SSSR count). The highest BCUT2D eigenvalue weighted by Crippen LogP contribution is 2.10. The van der Waals surface area contributed by atoms with Crippen molar-refractivity contribution in [1.82, 2.24) is 25.7 Å². The molecule has 17 heavy (non-hydrogen) atoms. The molecule has 0 fully saturated rings. The van der Waals surface area contributed by atoms with Gasteiger partial charge in [0.2, 0.25) is 5.84 Å². The predicted octanol–water partition coefficient (Wildman–Crippen LogP) is -0.748. The molecule has 0 saturated heterocycles. The third kappa shape index (κ3) is 2.87. The van der Waals surface area contributed by atoms with Crippen LogP contribution in [0, 0.1) is 15.5 Å². The Morgan fingerprint density at radius 3 is 2.76 bits per heavy atom. The molecule has 0 aliphatic heterocycles. The van der Waals surface area contributed by atoms with Gasteiger partial charge in [0.05, 0.1) is 7.05 Å². The Hall–Kier alpha value is -2.23. The maximum atomic E-state index is 10.6. The fourth-order valence-electron chi connectivity index (χ4n) is 1.04. The van der Waals surface area contributed by atoms with Gasteiger partial charge >= 0.3 is 5.82 Å². The number of nitro groups is 1. The van der Waals surface area contributed by atoms with E-state index >= 15 is 0 Å². The van der Waals surface area contributed by atoms with Gasteiger partial charge in [-0.05, 0) is 17.1 Å². The van der Waals surface area contributed by atoms with Gasteiger partial charge in [-0.1, -0.05) is 0 Å². The molecule has 0 aromatic carbocycles. The average Bonchev–Trinajstić information content (AvgIpc) is 2.67. The van der Waals surface area contributed by atoms with E-state index in [2.05, 4.69) is 21.2 Å². The molecule has 0 amide bonds. The van der Waals surface area contributed by atoms with Crippen LogP contribution in [0.1, 0.15) is 5.82 Å². The molecule has 9 nitrogen and oxygen atoms in total. The highest BCUT2D eigenvalue weighted by molar-refractivity contribution is 7.80. The Labute approximate surface area is 102 Å².